The van der Waals surface area contributed by atoms with E-state index in [-0.39, 0.29) is 25.6 Å². The van der Waals surface area contributed by atoms with Gasteiger partial charge in [-0.05, 0) is 24.3 Å². The maximum atomic E-state index is 12.4. The van der Waals surface area contributed by atoms with Crippen LogP contribution in [-0.4, -0.2) is 66.2 Å². The van der Waals surface area contributed by atoms with Crippen molar-refractivity contribution in [2.24, 2.45) is 0 Å². The standard InChI is InChI=1S/C22H26N2O8/c1-27-15-5-7-16(8-6-15)31-13-20(25)23-11-17-12-24(22(26)32-17)14-9-18(28-2)21(30-4)19(10-14)29-3/h5-10,17H,11-13H2,1-4H3,(H,23,25)/t17-/m1/s1. The van der Waals surface area contributed by atoms with Crippen molar-refractivity contribution in [3.05, 3.63) is 36.4 Å². The smallest absolute Gasteiger partial charge is 0.414 e. The van der Waals surface area contributed by atoms with Gasteiger partial charge < -0.3 is 33.7 Å². The van der Waals surface area contributed by atoms with Gasteiger partial charge in [-0.25, -0.2) is 4.79 Å². The zero-order chi connectivity index (χ0) is 23.1. The van der Waals surface area contributed by atoms with E-state index < -0.39 is 12.2 Å². The van der Waals surface area contributed by atoms with Crippen LogP contribution in [-0.2, 0) is 9.53 Å². The van der Waals surface area contributed by atoms with Crippen LogP contribution in [0.5, 0.6) is 28.7 Å². The van der Waals surface area contributed by atoms with Gasteiger partial charge in [-0.2, -0.15) is 0 Å². The molecule has 1 saturated heterocycles. The molecule has 0 aromatic heterocycles. The van der Waals surface area contributed by atoms with Crippen LogP contribution in [0.4, 0.5) is 10.5 Å². The minimum Gasteiger partial charge on any atom is -0.497 e. The second-order valence-corrected chi connectivity index (χ2v) is 6.77. The zero-order valence-corrected chi connectivity index (χ0v) is 18.4. The second-order valence-electron chi connectivity index (χ2n) is 6.77. The zero-order valence-electron chi connectivity index (χ0n) is 18.4. The molecule has 10 heteroatoms. The molecular weight excluding hydrogens is 420 g/mol. The Hall–Kier alpha value is -3.82. The monoisotopic (exact) mass is 446 g/mol. The highest BCUT2D eigenvalue weighted by Crippen LogP contribution is 2.41. The van der Waals surface area contributed by atoms with Crippen LogP contribution < -0.4 is 33.9 Å². The van der Waals surface area contributed by atoms with Crippen molar-refractivity contribution in [2.75, 3.05) is 53.0 Å². The molecule has 1 aliphatic rings. The van der Waals surface area contributed by atoms with Gasteiger partial charge in [0.25, 0.3) is 5.91 Å². The van der Waals surface area contributed by atoms with Gasteiger partial charge in [-0.3, -0.25) is 9.69 Å². The van der Waals surface area contributed by atoms with E-state index in [2.05, 4.69) is 5.32 Å². The Morgan fingerprint density at radius 1 is 1.00 bits per heavy atom. The van der Waals surface area contributed by atoms with Crippen LogP contribution >= 0.6 is 0 Å². The molecule has 0 spiro atoms. The summed E-state index contributed by atoms with van der Waals surface area (Å²) in [7, 11) is 6.06. The first-order valence-electron chi connectivity index (χ1n) is 9.80. The lowest BCUT2D eigenvalue weighted by Gasteiger charge is -2.18. The molecule has 1 heterocycles. The van der Waals surface area contributed by atoms with E-state index in [1.165, 1.54) is 26.2 Å². The molecule has 10 nitrogen and oxygen atoms in total. The third-order valence-electron chi connectivity index (χ3n) is 4.79. The number of amides is 2. The predicted molar refractivity (Wildman–Crippen MR) is 115 cm³/mol. The number of benzene rings is 2. The van der Waals surface area contributed by atoms with Crippen LogP contribution in [0.25, 0.3) is 0 Å². The summed E-state index contributed by atoms with van der Waals surface area (Å²) in [6.45, 7) is 0.234. The summed E-state index contributed by atoms with van der Waals surface area (Å²) >= 11 is 0. The molecule has 172 valence electrons. The molecule has 1 atom stereocenters. The lowest BCUT2D eigenvalue weighted by atomic mass is 10.2. The fourth-order valence-corrected chi connectivity index (χ4v) is 3.16. The summed E-state index contributed by atoms with van der Waals surface area (Å²) in [5.41, 5.74) is 0.529. The third-order valence-corrected chi connectivity index (χ3v) is 4.79. The summed E-state index contributed by atoms with van der Waals surface area (Å²) in [4.78, 5) is 25.9. The number of nitrogens with one attached hydrogen (secondary N) is 1. The molecule has 0 unspecified atom stereocenters. The van der Waals surface area contributed by atoms with E-state index in [0.29, 0.717) is 34.4 Å². The number of carbonyl (C=O) groups excluding carboxylic acids is 2. The van der Waals surface area contributed by atoms with E-state index in [0.717, 1.165) is 0 Å². The third kappa shape index (κ3) is 5.26. The van der Waals surface area contributed by atoms with Crippen molar-refractivity contribution in [2.45, 2.75) is 6.10 Å². The SMILES string of the molecule is COc1ccc(OCC(=O)NC[C@@H]2CN(c3cc(OC)c(OC)c(OC)c3)C(=O)O2)cc1. The fourth-order valence-electron chi connectivity index (χ4n) is 3.16. The number of hydrogen-bond acceptors (Lipinski definition) is 8. The second kappa shape index (κ2) is 10.5. The van der Waals surface area contributed by atoms with Gasteiger partial charge in [-0.15, -0.1) is 0 Å². The number of nitrogens with zero attached hydrogens (tertiary/aromatic N) is 1. The predicted octanol–water partition coefficient (Wildman–Crippen LogP) is 2.24. The first kappa shape index (κ1) is 22.9. The normalized spacial score (nSPS) is 15.1. The van der Waals surface area contributed by atoms with Crippen LogP contribution in [0.1, 0.15) is 0 Å². The number of cyclic esters (lactones) is 1. The summed E-state index contributed by atoms with van der Waals surface area (Å²) in [5, 5.41) is 2.71. The van der Waals surface area contributed by atoms with E-state index in [1.807, 2.05) is 0 Å². The quantitative estimate of drug-likeness (QED) is 0.593. The van der Waals surface area contributed by atoms with Gasteiger partial charge in [0, 0.05) is 12.1 Å². The molecule has 1 N–H and O–H groups in total. The molecule has 1 aliphatic heterocycles. The number of methoxy groups -OCH3 is 4. The van der Waals surface area contributed by atoms with Crippen molar-refractivity contribution in [1.82, 2.24) is 5.32 Å². The first-order chi connectivity index (χ1) is 15.5. The molecule has 0 aliphatic carbocycles. The molecule has 0 saturated carbocycles. The largest absolute Gasteiger partial charge is 0.497 e. The number of ether oxygens (including phenoxy) is 6. The molecule has 32 heavy (non-hydrogen) atoms. The maximum Gasteiger partial charge on any atom is 0.414 e. The Morgan fingerprint density at radius 2 is 1.62 bits per heavy atom. The maximum absolute atomic E-state index is 12.4. The average Bonchev–Trinajstić information content (AvgIpc) is 3.21. The van der Waals surface area contributed by atoms with Crippen LogP contribution in [0.3, 0.4) is 0 Å². The molecule has 2 amide bonds. The summed E-state index contributed by atoms with van der Waals surface area (Å²) in [6.07, 6.45) is -1.06. The summed E-state index contributed by atoms with van der Waals surface area (Å²) in [6, 6.07) is 10.2. The van der Waals surface area contributed by atoms with Gasteiger partial charge >= 0.3 is 6.09 Å². The highest BCUT2D eigenvalue weighted by molar-refractivity contribution is 5.91. The molecular formula is C22H26N2O8. The van der Waals surface area contributed by atoms with Gasteiger partial charge in [0.1, 0.15) is 17.6 Å². The van der Waals surface area contributed by atoms with Crippen molar-refractivity contribution in [1.29, 1.82) is 0 Å². The summed E-state index contributed by atoms with van der Waals surface area (Å²) in [5.74, 6) is 2.17. The minimum absolute atomic E-state index is 0.150. The Morgan fingerprint density at radius 3 is 2.19 bits per heavy atom. The number of hydrogen-bond donors (Lipinski definition) is 1. The van der Waals surface area contributed by atoms with Crippen molar-refractivity contribution in [3.8, 4) is 28.7 Å². The van der Waals surface area contributed by atoms with E-state index in [9.17, 15) is 9.59 Å². The van der Waals surface area contributed by atoms with Gasteiger partial charge in [0.05, 0.1) is 47.2 Å². The number of anilines is 1. The Balaban J connectivity index is 1.54. The number of rotatable bonds is 10. The minimum atomic E-state index is -0.534. The van der Waals surface area contributed by atoms with Crippen LogP contribution in [0.15, 0.2) is 36.4 Å². The lowest BCUT2D eigenvalue weighted by molar-refractivity contribution is -0.123. The summed E-state index contributed by atoms with van der Waals surface area (Å²) < 4.78 is 31.9. The van der Waals surface area contributed by atoms with E-state index >= 15 is 0 Å². The van der Waals surface area contributed by atoms with Crippen molar-refractivity contribution in [3.63, 3.8) is 0 Å². The molecule has 0 bridgehead atoms. The van der Waals surface area contributed by atoms with E-state index in [4.69, 9.17) is 28.4 Å². The molecule has 1 fully saturated rings. The van der Waals surface area contributed by atoms with Crippen LogP contribution in [0.2, 0.25) is 0 Å². The fraction of sp³-hybridized carbons (Fsp3) is 0.364. The molecule has 2 aromatic rings. The van der Waals surface area contributed by atoms with Gasteiger partial charge in [-0.1, -0.05) is 0 Å². The Bertz CT molecular complexity index is 922. The van der Waals surface area contributed by atoms with Crippen LogP contribution in [0, 0.1) is 0 Å². The highest BCUT2D eigenvalue weighted by atomic mass is 16.6. The van der Waals surface area contributed by atoms with Gasteiger partial charge in [0.15, 0.2) is 18.1 Å². The van der Waals surface area contributed by atoms with Gasteiger partial charge in [0.2, 0.25) is 5.75 Å². The Kier molecular flexibility index (Phi) is 7.48. The molecule has 2 aromatic carbocycles. The first-order valence-corrected chi connectivity index (χ1v) is 9.80. The van der Waals surface area contributed by atoms with E-state index in [1.54, 1.807) is 43.5 Å². The Labute approximate surface area is 185 Å². The average molecular weight is 446 g/mol. The lowest BCUT2D eigenvalue weighted by Crippen LogP contribution is -2.37. The van der Waals surface area contributed by atoms with Crippen molar-refractivity contribution < 1.29 is 38.0 Å². The van der Waals surface area contributed by atoms with Crippen molar-refractivity contribution >= 4 is 17.7 Å². The topological polar surface area (TPSA) is 105 Å². The highest BCUT2D eigenvalue weighted by Gasteiger charge is 2.33. The molecule has 0 radical (unpaired) electrons. The number of carbonyl (C=O) groups is 2. The molecule has 3 rings (SSSR count).